The molecule has 0 bridgehead atoms. The van der Waals surface area contributed by atoms with E-state index in [2.05, 4.69) is 19.9 Å². The SMILES string of the molecule is CC1(C=N)C2CC2C2C3C(CCC21C)C1CCC(=O)C=C1C1PC13. The van der Waals surface area contributed by atoms with Gasteiger partial charge in [-0.2, -0.15) is 0 Å². The summed E-state index contributed by atoms with van der Waals surface area (Å²) in [6, 6.07) is 0. The minimum Gasteiger partial charge on any atom is -0.313 e. The third-order valence-corrected chi connectivity index (χ3v) is 11.4. The van der Waals surface area contributed by atoms with Crippen LogP contribution in [0.4, 0.5) is 0 Å². The maximum absolute atomic E-state index is 12.0. The number of allylic oxidation sites excluding steroid dienone is 1. The zero-order valence-electron chi connectivity index (χ0n) is 14.7. The lowest BCUT2D eigenvalue weighted by molar-refractivity contribution is -0.116. The van der Waals surface area contributed by atoms with Crippen molar-refractivity contribution in [3.63, 3.8) is 0 Å². The van der Waals surface area contributed by atoms with Crippen LogP contribution in [0.15, 0.2) is 11.6 Å². The molecule has 1 N–H and O–H groups in total. The van der Waals surface area contributed by atoms with E-state index in [-0.39, 0.29) is 5.41 Å². The standard InChI is InChI=1S/C21H28NOP/c1-20-6-5-12-11-4-3-10(23)7-13(11)18-19(24-18)16(12)17(20)14-8-15(14)21(20,2)9-22/h7,9,11-12,14-19,22,24H,3-6,8H2,1-2H3. The Bertz CT molecular complexity index is 700. The maximum atomic E-state index is 12.0. The molecule has 24 heavy (non-hydrogen) atoms. The van der Waals surface area contributed by atoms with Crippen LogP contribution in [0.1, 0.15) is 46.0 Å². The largest absolute Gasteiger partial charge is 0.313 e. The van der Waals surface area contributed by atoms with Crippen LogP contribution in [0.3, 0.4) is 0 Å². The van der Waals surface area contributed by atoms with Crippen molar-refractivity contribution in [2.45, 2.75) is 57.3 Å². The number of ketones is 1. The molecule has 1 saturated heterocycles. The highest BCUT2D eigenvalue weighted by Gasteiger charge is 2.76. The highest BCUT2D eigenvalue weighted by molar-refractivity contribution is 7.49. The second-order valence-corrected chi connectivity index (χ2v) is 11.7. The van der Waals surface area contributed by atoms with Gasteiger partial charge in [0.15, 0.2) is 5.78 Å². The monoisotopic (exact) mass is 341 g/mol. The lowest BCUT2D eigenvalue weighted by Crippen LogP contribution is -2.53. The molecule has 2 nitrogen and oxygen atoms in total. The van der Waals surface area contributed by atoms with Crippen molar-refractivity contribution in [1.82, 2.24) is 0 Å². The molecular formula is C21H28NOP. The summed E-state index contributed by atoms with van der Waals surface area (Å²) in [6.45, 7) is 4.95. The average Bonchev–Trinajstić information content (AvgIpc) is 3.46. The van der Waals surface area contributed by atoms with Crippen LogP contribution >= 0.6 is 8.58 Å². The van der Waals surface area contributed by atoms with Crippen molar-refractivity contribution < 1.29 is 4.79 Å². The fourth-order valence-corrected chi connectivity index (χ4v) is 10.1. The highest BCUT2D eigenvalue weighted by Crippen LogP contribution is 2.81. The fraction of sp³-hybridized carbons (Fsp3) is 0.810. The van der Waals surface area contributed by atoms with Gasteiger partial charge in [0.25, 0.3) is 0 Å². The van der Waals surface area contributed by atoms with Gasteiger partial charge >= 0.3 is 0 Å². The molecule has 1 aliphatic heterocycles. The van der Waals surface area contributed by atoms with Gasteiger partial charge in [0.2, 0.25) is 0 Å². The van der Waals surface area contributed by atoms with Crippen molar-refractivity contribution in [1.29, 1.82) is 5.41 Å². The zero-order valence-corrected chi connectivity index (χ0v) is 15.7. The van der Waals surface area contributed by atoms with Crippen LogP contribution in [0.5, 0.6) is 0 Å². The molecule has 0 aromatic carbocycles. The van der Waals surface area contributed by atoms with Crippen molar-refractivity contribution in [3.05, 3.63) is 11.6 Å². The number of carbonyl (C=O) groups is 1. The second-order valence-electron chi connectivity index (χ2n) is 10.1. The molecule has 3 heteroatoms. The topological polar surface area (TPSA) is 40.9 Å². The van der Waals surface area contributed by atoms with Crippen LogP contribution in [-0.2, 0) is 4.79 Å². The average molecular weight is 341 g/mol. The summed E-state index contributed by atoms with van der Waals surface area (Å²) < 4.78 is 0. The number of rotatable bonds is 1. The third kappa shape index (κ3) is 1.47. The Kier molecular flexibility index (Phi) is 2.59. The molecule has 128 valence electrons. The van der Waals surface area contributed by atoms with Crippen LogP contribution in [0, 0.1) is 51.7 Å². The predicted octanol–water partition coefficient (Wildman–Crippen LogP) is 4.29. The van der Waals surface area contributed by atoms with Gasteiger partial charge in [0.05, 0.1) is 0 Å². The van der Waals surface area contributed by atoms with E-state index in [0.29, 0.717) is 11.2 Å². The normalized spacial score (nSPS) is 63.4. The molecule has 5 aliphatic carbocycles. The molecule has 0 spiro atoms. The molecule has 11 atom stereocenters. The molecule has 5 fully saturated rings. The Morgan fingerprint density at radius 1 is 1.29 bits per heavy atom. The first-order valence-electron chi connectivity index (χ1n) is 10.0. The van der Waals surface area contributed by atoms with E-state index in [1.54, 1.807) is 5.57 Å². The lowest BCUT2D eigenvalue weighted by Gasteiger charge is -2.57. The third-order valence-electron chi connectivity index (χ3n) is 9.61. The molecule has 1 heterocycles. The summed E-state index contributed by atoms with van der Waals surface area (Å²) in [6.07, 6.45) is 9.91. The van der Waals surface area contributed by atoms with E-state index in [1.165, 1.54) is 19.3 Å². The number of nitrogens with one attached hydrogen (secondary N) is 1. The van der Waals surface area contributed by atoms with E-state index >= 15 is 0 Å². The van der Waals surface area contributed by atoms with Crippen LogP contribution in [0.2, 0.25) is 0 Å². The van der Waals surface area contributed by atoms with Gasteiger partial charge in [-0.25, -0.2) is 0 Å². The first-order chi connectivity index (χ1) is 11.5. The lowest BCUT2D eigenvalue weighted by atomic mass is 9.47. The summed E-state index contributed by atoms with van der Waals surface area (Å²) in [4.78, 5) is 12.0. The number of hydrogen-bond donors (Lipinski definition) is 1. The first kappa shape index (κ1) is 14.7. The van der Waals surface area contributed by atoms with Gasteiger partial charge in [0, 0.05) is 23.7 Å². The molecule has 0 aromatic heterocycles. The number of fused-ring (bicyclic) bond motifs is 10. The molecule has 0 radical (unpaired) electrons. The minimum atomic E-state index is 0.152. The Hall–Kier alpha value is -0.490. The van der Waals surface area contributed by atoms with Gasteiger partial charge in [0.1, 0.15) is 0 Å². The van der Waals surface area contributed by atoms with Crippen molar-refractivity contribution in [3.8, 4) is 0 Å². The predicted molar refractivity (Wildman–Crippen MR) is 98.0 cm³/mol. The van der Waals surface area contributed by atoms with Crippen molar-refractivity contribution in [2.75, 3.05) is 0 Å². The summed E-state index contributed by atoms with van der Waals surface area (Å²) in [5, 5.41) is 8.19. The summed E-state index contributed by atoms with van der Waals surface area (Å²) in [7, 11) is 1.09. The molecule has 6 aliphatic rings. The quantitative estimate of drug-likeness (QED) is 0.561. The van der Waals surface area contributed by atoms with Crippen molar-refractivity contribution >= 4 is 20.6 Å². The Labute approximate surface area is 146 Å². The van der Waals surface area contributed by atoms with Crippen LogP contribution < -0.4 is 0 Å². The Morgan fingerprint density at radius 3 is 2.92 bits per heavy atom. The smallest absolute Gasteiger partial charge is 0.155 e. The Balaban J connectivity index is 1.43. The molecular weight excluding hydrogens is 313 g/mol. The molecule has 0 amide bonds. The van der Waals surface area contributed by atoms with E-state index in [0.717, 1.165) is 68.2 Å². The first-order valence-corrected chi connectivity index (χ1v) is 11.2. The minimum absolute atomic E-state index is 0.152. The summed E-state index contributed by atoms with van der Waals surface area (Å²) in [5.41, 5.74) is 3.79. The highest BCUT2D eigenvalue weighted by atomic mass is 31.1. The Morgan fingerprint density at radius 2 is 2.12 bits per heavy atom. The molecule has 0 aromatic rings. The van der Waals surface area contributed by atoms with E-state index in [4.69, 9.17) is 5.41 Å². The van der Waals surface area contributed by atoms with E-state index in [9.17, 15) is 4.79 Å². The van der Waals surface area contributed by atoms with E-state index in [1.807, 2.05) is 6.21 Å². The van der Waals surface area contributed by atoms with Gasteiger partial charge in [-0.1, -0.05) is 19.4 Å². The zero-order chi connectivity index (χ0) is 16.4. The van der Waals surface area contributed by atoms with Gasteiger partial charge in [-0.15, -0.1) is 8.58 Å². The maximum Gasteiger partial charge on any atom is 0.155 e. The van der Waals surface area contributed by atoms with Gasteiger partial charge < -0.3 is 5.41 Å². The number of hydrogen-bond acceptors (Lipinski definition) is 2. The molecule has 4 saturated carbocycles. The van der Waals surface area contributed by atoms with Gasteiger partial charge in [-0.05, 0) is 78.3 Å². The molecule has 6 rings (SSSR count). The second kappa shape index (κ2) is 4.25. The summed E-state index contributed by atoms with van der Waals surface area (Å²) in [5.74, 6) is 5.49. The van der Waals surface area contributed by atoms with Gasteiger partial charge in [-0.3, -0.25) is 4.79 Å². The molecule has 11 unspecified atom stereocenters. The fourth-order valence-electron chi connectivity index (χ4n) is 8.26. The van der Waals surface area contributed by atoms with Crippen molar-refractivity contribution in [2.24, 2.45) is 46.3 Å². The van der Waals surface area contributed by atoms with Crippen LogP contribution in [-0.4, -0.2) is 23.3 Å². The summed E-state index contributed by atoms with van der Waals surface area (Å²) >= 11 is 0. The number of carbonyl (C=O) groups excluding carboxylic acids is 1. The van der Waals surface area contributed by atoms with Crippen LogP contribution in [0.25, 0.3) is 0 Å². The van der Waals surface area contributed by atoms with E-state index < -0.39 is 0 Å².